The number of ether oxygens (including phenoxy) is 1. The molecule has 0 saturated carbocycles. The fraction of sp³-hybridized carbons (Fsp3) is 0.433. The maximum absolute atomic E-state index is 12.9. The summed E-state index contributed by atoms with van der Waals surface area (Å²) in [6.45, 7) is 11.9. The van der Waals surface area contributed by atoms with E-state index in [2.05, 4.69) is 36.9 Å². The van der Waals surface area contributed by atoms with E-state index in [1.807, 2.05) is 32.9 Å². The SMILES string of the molecule is CC(C)(C)OC(=O)N1CCN=C1Nc1cccc(C(=O)NCC(=O)NC(CC(=O)O)c2cc(Br)cc(C(C)(C)C)c2)c1. The van der Waals surface area contributed by atoms with Crippen molar-refractivity contribution in [3.63, 3.8) is 0 Å². The molecule has 0 bridgehead atoms. The first-order valence-electron chi connectivity index (χ1n) is 13.5. The van der Waals surface area contributed by atoms with Crippen LogP contribution in [-0.4, -0.2) is 65.1 Å². The van der Waals surface area contributed by atoms with E-state index in [1.54, 1.807) is 51.1 Å². The fourth-order valence-electron chi connectivity index (χ4n) is 4.10. The summed E-state index contributed by atoms with van der Waals surface area (Å²) in [5.41, 5.74) is 1.58. The van der Waals surface area contributed by atoms with Gasteiger partial charge in [-0.1, -0.05) is 48.8 Å². The van der Waals surface area contributed by atoms with Crippen LogP contribution in [-0.2, 0) is 19.7 Å². The van der Waals surface area contributed by atoms with E-state index in [0.717, 1.165) is 10.0 Å². The van der Waals surface area contributed by atoms with Gasteiger partial charge in [-0.15, -0.1) is 0 Å². The van der Waals surface area contributed by atoms with Gasteiger partial charge in [-0.05, 0) is 67.6 Å². The zero-order valence-electron chi connectivity index (χ0n) is 24.7. The Hall–Kier alpha value is -3.93. The zero-order valence-corrected chi connectivity index (χ0v) is 26.3. The third-order valence-electron chi connectivity index (χ3n) is 6.15. The van der Waals surface area contributed by atoms with Crippen LogP contribution < -0.4 is 16.0 Å². The predicted octanol–water partition coefficient (Wildman–Crippen LogP) is 4.83. The third kappa shape index (κ3) is 9.57. The van der Waals surface area contributed by atoms with Crippen molar-refractivity contribution in [3.8, 4) is 0 Å². The van der Waals surface area contributed by atoms with E-state index in [1.165, 1.54) is 4.90 Å². The first-order chi connectivity index (χ1) is 19.5. The Bertz CT molecular complexity index is 1380. The molecule has 1 unspecified atom stereocenters. The molecule has 3 amide bonds. The van der Waals surface area contributed by atoms with E-state index in [0.29, 0.717) is 30.3 Å². The molecule has 0 fully saturated rings. The van der Waals surface area contributed by atoms with Crippen LogP contribution in [0.5, 0.6) is 0 Å². The second kappa shape index (κ2) is 13.4. The molecule has 4 N–H and O–H groups in total. The van der Waals surface area contributed by atoms with Crippen molar-refractivity contribution < 1.29 is 29.0 Å². The smallest absolute Gasteiger partial charge is 0.417 e. The maximum Gasteiger partial charge on any atom is 0.417 e. The molecule has 2 aromatic carbocycles. The van der Waals surface area contributed by atoms with Gasteiger partial charge in [0.15, 0.2) is 0 Å². The molecular weight excluding hydrogens is 606 g/mol. The second-order valence-electron chi connectivity index (χ2n) is 12.0. The number of carboxylic acids is 1. The molecule has 0 radical (unpaired) electrons. The molecule has 42 heavy (non-hydrogen) atoms. The monoisotopic (exact) mass is 643 g/mol. The largest absolute Gasteiger partial charge is 0.481 e. The molecule has 2 aromatic rings. The van der Waals surface area contributed by atoms with Crippen molar-refractivity contribution in [1.82, 2.24) is 15.5 Å². The summed E-state index contributed by atoms with van der Waals surface area (Å²) >= 11 is 3.48. The Labute approximate surface area is 254 Å². The number of anilines is 1. The average molecular weight is 645 g/mol. The molecule has 0 aliphatic carbocycles. The van der Waals surface area contributed by atoms with Gasteiger partial charge in [0.25, 0.3) is 5.91 Å². The molecule has 12 heteroatoms. The number of aliphatic imine (C=N–C) groups is 1. The number of guanidine groups is 1. The number of carboxylic acid groups (broad SMARTS) is 1. The summed E-state index contributed by atoms with van der Waals surface area (Å²) in [6, 6.07) is 11.4. The van der Waals surface area contributed by atoms with E-state index in [4.69, 9.17) is 4.74 Å². The molecule has 0 spiro atoms. The van der Waals surface area contributed by atoms with Gasteiger partial charge in [-0.3, -0.25) is 19.4 Å². The number of aliphatic carboxylic acids is 1. The van der Waals surface area contributed by atoms with Crippen molar-refractivity contribution in [2.24, 2.45) is 4.99 Å². The number of nitrogens with one attached hydrogen (secondary N) is 3. The molecule has 0 aromatic heterocycles. The van der Waals surface area contributed by atoms with Crippen LogP contribution in [0.25, 0.3) is 0 Å². The quantitative estimate of drug-likeness (QED) is 0.322. The molecule has 3 rings (SSSR count). The van der Waals surface area contributed by atoms with Crippen molar-refractivity contribution in [2.75, 3.05) is 25.0 Å². The minimum atomic E-state index is -1.07. The highest BCUT2D eigenvalue weighted by atomic mass is 79.9. The van der Waals surface area contributed by atoms with E-state index in [9.17, 15) is 24.3 Å². The summed E-state index contributed by atoms with van der Waals surface area (Å²) in [5, 5.41) is 17.8. The van der Waals surface area contributed by atoms with Gasteiger partial charge in [-0.25, -0.2) is 9.69 Å². The number of halogens is 1. The minimum Gasteiger partial charge on any atom is -0.481 e. The number of hydrogen-bond acceptors (Lipinski definition) is 7. The van der Waals surface area contributed by atoms with Crippen LogP contribution in [0.15, 0.2) is 51.9 Å². The Morgan fingerprint density at radius 2 is 1.79 bits per heavy atom. The molecular formula is C30H38BrN5O6. The molecule has 0 saturated heterocycles. The fourth-order valence-corrected chi connectivity index (χ4v) is 4.61. The summed E-state index contributed by atoms with van der Waals surface area (Å²) in [5.74, 6) is -1.79. The predicted molar refractivity (Wildman–Crippen MR) is 164 cm³/mol. The Morgan fingerprint density at radius 3 is 2.43 bits per heavy atom. The van der Waals surface area contributed by atoms with Gasteiger partial charge in [0.2, 0.25) is 11.9 Å². The van der Waals surface area contributed by atoms with Crippen LogP contribution in [0.3, 0.4) is 0 Å². The lowest BCUT2D eigenvalue weighted by molar-refractivity contribution is -0.137. The highest BCUT2D eigenvalue weighted by molar-refractivity contribution is 9.10. The van der Waals surface area contributed by atoms with Crippen LogP contribution >= 0.6 is 15.9 Å². The number of carbonyl (C=O) groups is 4. The van der Waals surface area contributed by atoms with Gasteiger partial charge < -0.3 is 25.8 Å². The standard InChI is InChI=1S/C30H38BrN5O6/c1-29(2,3)20-12-19(13-21(31)15-20)23(16-25(38)39)35-24(37)17-33-26(40)18-8-7-9-22(14-18)34-27-32-10-11-36(27)28(41)42-30(4,5)6/h7-9,12-15,23H,10-11,16-17H2,1-6H3,(H,32,34)(H,33,40)(H,35,37)(H,38,39). The number of carbonyl (C=O) groups excluding carboxylic acids is 3. The van der Waals surface area contributed by atoms with Crippen LogP contribution in [0, 0.1) is 0 Å². The van der Waals surface area contributed by atoms with E-state index >= 15 is 0 Å². The second-order valence-corrected chi connectivity index (χ2v) is 12.9. The summed E-state index contributed by atoms with van der Waals surface area (Å²) in [6.07, 6.45) is -0.845. The molecule has 226 valence electrons. The van der Waals surface area contributed by atoms with Crippen molar-refractivity contribution in [3.05, 3.63) is 63.6 Å². The number of amides is 3. The number of hydrogen-bond donors (Lipinski definition) is 4. The zero-order chi connectivity index (χ0) is 31.2. The van der Waals surface area contributed by atoms with Gasteiger partial charge in [-0.2, -0.15) is 0 Å². The number of nitrogens with zero attached hydrogens (tertiary/aromatic N) is 2. The first kappa shape index (κ1) is 32.6. The average Bonchev–Trinajstić information content (AvgIpc) is 3.33. The van der Waals surface area contributed by atoms with Crippen LogP contribution in [0.2, 0.25) is 0 Å². The first-order valence-corrected chi connectivity index (χ1v) is 14.3. The van der Waals surface area contributed by atoms with Crippen LogP contribution in [0.1, 0.15) is 75.5 Å². The molecule has 1 aliphatic heterocycles. The van der Waals surface area contributed by atoms with Gasteiger partial charge in [0.05, 0.1) is 32.1 Å². The Morgan fingerprint density at radius 1 is 1.07 bits per heavy atom. The summed E-state index contributed by atoms with van der Waals surface area (Å²) in [4.78, 5) is 55.5. The lowest BCUT2D eigenvalue weighted by atomic mass is 9.85. The van der Waals surface area contributed by atoms with Crippen molar-refractivity contribution in [2.45, 2.75) is 65.0 Å². The van der Waals surface area contributed by atoms with Crippen LogP contribution in [0.4, 0.5) is 10.5 Å². The van der Waals surface area contributed by atoms with Crippen molar-refractivity contribution in [1.29, 1.82) is 0 Å². The highest BCUT2D eigenvalue weighted by Crippen LogP contribution is 2.30. The number of rotatable bonds is 8. The van der Waals surface area contributed by atoms with E-state index < -0.39 is 35.5 Å². The minimum absolute atomic E-state index is 0.188. The maximum atomic E-state index is 12.9. The molecule has 1 aliphatic rings. The third-order valence-corrected chi connectivity index (χ3v) is 6.61. The summed E-state index contributed by atoms with van der Waals surface area (Å²) in [7, 11) is 0. The van der Waals surface area contributed by atoms with Gasteiger partial charge in [0, 0.05) is 15.7 Å². The van der Waals surface area contributed by atoms with E-state index in [-0.39, 0.29) is 23.9 Å². The Balaban J connectivity index is 1.64. The van der Waals surface area contributed by atoms with Crippen molar-refractivity contribution >= 4 is 51.5 Å². The van der Waals surface area contributed by atoms with Gasteiger partial charge in [0.1, 0.15) is 5.60 Å². The molecule has 11 nitrogen and oxygen atoms in total. The van der Waals surface area contributed by atoms with Gasteiger partial charge >= 0.3 is 12.1 Å². The topological polar surface area (TPSA) is 149 Å². The molecule has 1 atom stereocenters. The summed E-state index contributed by atoms with van der Waals surface area (Å²) < 4.78 is 6.21. The normalized spacial score (nSPS) is 14.1. The Kier molecular flexibility index (Phi) is 10.4. The highest BCUT2D eigenvalue weighted by Gasteiger charge is 2.29. The lowest BCUT2D eigenvalue weighted by Gasteiger charge is -2.25. The number of benzene rings is 2. The lowest BCUT2D eigenvalue weighted by Crippen LogP contribution is -2.41. The molecule has 1 heterocycles.